The van der Waals surface area contributed by atoms with Gasteiger partial charge in [-0.2, -0.15) is 0 Å². The number of halogens is 2. The molecule has 0 aliphatic carbocycles. The molecule has 0 spiro atoms. The summed E-state index contributed by atoms with van der Waals surface area (Å²) in [5.74, 6) is 0. The second kappa shape index (κ2) is 4.28. The van der Waals surface area contributed by atoms with Crippen LogP contribution in [0.5, 0.6) is 0 Å². The maximum Gasteiger partial charge on any atom is 0.514 e. The smallest absolute Gasteiger partial charge is 0.398 e. The quantitative estimate of drug-likeness (QED) is 0.760. The minimum Gasteiger partial charge on any atom is -0.398 e. The van der Waals surface area contributed by atoms with Gasteiger partial charge < -0.3 is 9.31 Å². The first kappa shape index (κ1) is 13.4. The van der Waals surface area contributed by atoms with Crippen molar-refractivity contribution in [1.82, 2.24) is 4.98 Å². The Morgan fingerprint density at radius 3 is 2.06 bits per heavy atom. The van der Waals surface area contributed by atoms with Crippen LogP contribution in [0.4, 0.5) is 8.78 Å². The molecule has 1 fully saturated rings. The van der Waals surface area contributed by atoms with Crippen molar-refractivity contribution in [2.45, 2.75) is 45.3 Å². The molecule has 2 heterocycles. The van der Waals surface area contributed by atoms with Gasteiger partial charge in [0.2, 0.25) is 0 Å². The zero-order valence-electron chi connectivity index (χ0n) is 10.9. The van der Waals surface area contributed by atoms with Crippen LogP contribution in [0.25, 0.3) is 0 Å². The number of pyridine rings is 1. The second-order valence-corrected chi connectivity index (χ2v) is 5.41. The summed E-state index contributed by atoms with van der Waals surface area (Å²) >= 11 is 0. The fourth-order valence-corrected chi connectivity index (χ4v) is 1.65. The molecule has 6 heteroatoms. The molecule has 0 radical (unpaired) electrons. The lowest BCUT2D eigenvalue weighted by Gasteiger charge is -2.32. The van der Waals surface area contributed by atoms with Crippen LogP contribution in [-0.4, -0.2) is 23.3 Å². The molecular formula is C12H16BF2NO2. The van der Waals surface area contributed by atoms with E-state index in [1.54, 1.807) is 0 Å². The summed E-state index contributed by atoms with van der Waals surface area (Å²) in [6, 6.07) is 2.86. The standard InChI is InChI=1S/C12H16BF2NO2/c1-11(2)12(3,4)18-13(17-11)9-6-5-8(7-16-9)10(14)15/h5-7,10H,1-4H3. The summed E-state index contributed by atoms with van der Waals surface area (Å²) in [4.78, 5) is 3.98. The molecule has 0 amide bonds. The third-order valence-electron chi connectivity index (χ3n) is 3.56. The Hall–Kier alpha value is -1.01. The van der Waals surface area contributed by atoms with Crippen molar-refractivity contribution in [1.29, 1.82) is 0 Å². The zero-order chi connectivity index (χ0) is 13.6. The van der Waals surface area contributed by atoms with Crippen LogP contribution in [0.3, 0.4) is 0 Å². The van der Waals surface area contributed by atoms with Crippen molar-refractivity contribution in [3.63, 3.8) is 0 Å². The molecule has 1 aromatic rings. The van der Waals surface area contributed by atoms with Crippen molar-refractivity contribution in [2.75, 3.05) is 0 Å². The Balaban J connectivity index is 2.19. The van der Waals surface area contributed by atoms with E-state index < -0.39 is 24.7 Å². The van der Waals surface area contributed by atoms with Gasteiger partial charge in [-0.05, 0) is 33.8 Å². The number of hydrogen-bond donors (Lipinski definition) is 0. The van der Waals surface area contributed by atoms with E-state index in [-0.39, 0.29) is 5.56 Å². The van der Waals surface area contributed by atoms with Crippen molar-refractivity contribution in [2.24, 2.45) is 0 Å². The number of hydrogen-bond acceptors (Lipinski definition) is 3. The van der Waals surface area contributed by atoms with Gasteiger partial charge in [-0.3, -0.25) is 4.98 Å². The van der Waals surface area contributed by atoms with Crippen molar-refractivity contribution < 1.29 is 18.1 Å². The number of rotatable bonds is 2. The molecule has 3 nitrogen and oxygen atoms in total. The van der Waals surface area contributed by atoms with E-state index >= 15 is 0 Å². The van der Waals surface area contributed by atoms with Crippen LogP contribution in [-0.2, 0) is 9.31 Å². The van der Waals surface area contributed by atoms with Gasteiger partial charge in [-0.1, -0.05) is 6.07 Å². The van der Waals surface area contributed by atoms with Crippen LogP contribution in [0.2, 0.25) is 0 Å². The minimum atomic E-state index is -2.51. The first-order chi connectivity index (χ1) is 8.23. The molecule has 18 heavy (non-hydrogen) atoms. The maximum absolute atomic E-state index is 12.4. The molecule has 0 unspecified atom stereocenters. The first-order valence-electron chi connectivity index (χ1n) is 5.82. The molecule has 98 valence electrons. The van der Waals surface area contributed by atoms with Crippen LogP contribution in [0.1, 0.15) is 39.7 Å². The van der Waals surface area contributed by atoms with E-state index in [2.05, 4.69) is 4.98 Å². The molecule has 2 rings (SSSR count). The van der Waals surface area contributed by atoms with Crippen LogP contribution < -0.4 is 5.59 Å². The van der Waals surface area contributed by atoms with Crippen molar-refractivity contribution in [3.8, 4) is 0 Å². The third kappa shape index (κ3) is 2.27. The molecule has 0 saturated carbocycles. The summed E-state index contributed by atoms with van der Waals surface area (Å²) in [6.45, 7) is 7.72. The lowest BCUT2D eigenvalue weighted by Crippen LogP contribution is -2.41. The normalized spacial score (nSPS) is 21.6. The van der Waals surface area contributed by atoms with E-state index in [0.717, 1.165) is 6.20 Å². The van der Waals surface area contributed by atoms with E-state index in [9.17, 15) is 8.78 Å². The molecule has 1 aromatic heterocycles. The molecule has 0 N–H and O–H groups in total. The average molecular weight is 255 g/mol. The predicted octanol–water partition coefficient (Wildman–Crippen LogP) is 2.32. The fourth-order valence-electron chi connectivity index (χ4n) is 1.65. The van der Waals surface area contributed by atoms with E-state index in [4.69, 9.17) is 9.31 Å². The van der Waals surface area contributed by atoms with Gasteiger partial charge in [0.1, 0.15) is 0 Å². The highest BCUT2D eigenvalue weighted by Crippen LogP contribution is 2.36. The molecular weight excluding hydrogens is 239 g/mol. The van der Waals surface area contributed by atoms with Gasteiger partial charge in [-0.25, -0.2) is 8.78 Å². The highest BCUT2D eigenvalue weighted by Gasteiger charge is 2.52. The van der Waals surface area contributed by atoms with Crippen LogP contribution >= 0.6 is 0 Å². The summed E-state index contributed by atoms with van der Waals surface area (Å²) in [5, 5.41) is 0. The molecule has 1 saturated heterocycles. The highest BCUT2D eigenvalue weighted by atomic mass is 19.3. The van der Waals surface area contributed by atoms with Crippen LogP contribution in [0, 0.1) is 0 Å². The second-order valence-electron chi connectivity index (χ2n) is 5.41. The molecule has 1 aliphatic rings. The Labute approximate surface area is 106 Å². The van der Waals surface area contributed by atoms with E-state index in [0.29, 0.717) is 5.59 Å². The summed E-state index contributed by atoms with van der Waals surface area (Å²) in [5.41, 5.74) is -0.505. The minimum absolute atomic E-state index is 0.102. The summed E-state index contributed by atoms with van der Waals surface area (Å²) < 4.78 is 36.4. The Bertz CT molecular complexity index is 418. The fraction of sp³-hybridized carbons (Fsp3) is 0.583. The monoisotopic (exact) mass is 255 g/mol. The van der Waals surface area contributed by atoms with Crippen molar-refractivity contribution >= 4 is 12.7 Å². The SMILES string of the molecule is CC1(C)OB(c2ccc(C(F)F)cn2)OC1(C)C. The number of alkyl halides is 2. The predicted molar refractivity (Wildman–Crippen MR) is 64.9 cm³/mol. The number of aromatic nitrogens is 1. The summed E-state index contributed by atoms with van der Waals surface area (Å²) in [7, 11) is -0.610. The summed E-state index contributed by atoms with van der Waals surface area (Å²) in [6.07, 6.45) is -1.35. The van der Waals surface area contributed by atoms with Gasteiger partial charge in [0, 0.05) is 11.8 Å². The van der Waals surface area contributed by atoms with Crippen LogP contribution in [0.15, 0.2) is 18.3 Å². The van der Waals surface area contributed by atoms with Gasteiger partial charge in [-0.15, -0.1) is 0 Å². The zero-order valence-corrected chi connectivity index (χ0v) is 10.9. The van der Waals surface area contributed by atoms with E-state index in [1.165, 1.54) is 12.1 Å². The number of nitrogens with zero attached hydrogens (tertiary/aromatic N) is 1. The average Bonchev–Trinajstić information content (AvgIpc) is 2.48. The van der Waals surface area contributed by atoms with Crippen molar-refractivity contribution in [3.05, 3.63) is 23.9 Å². The molecule has 0 aromatic carbocycles. The highest BCUT2D eigenvalue weighted by molar-refractivity contribution is 6.61. The molecule has 1 aliphatic heterocycles. The topological polar surface area (TPSA) is 31.4 Å². The van der Waals surface area contributed by atoms with E-state index in [1.807, 2.05) is 27.7 Å². The van der Waals surface area contributed by atoms with Gasteiger partial charge in [0.25, 0.3) is 6.43 Å². The van der Waals surface area contributed by atoms with Gasteiger partial charge >= 0.3 is 7.12 Å². The lowest BCUT2D eigenvalue weighted by atomic mass is 9.84. The molecule has 0 bridgehead atoms. The maximum atomic E-state index is 12.4. The Morgan fingerprint density at radius 1 is 1.11 bits per heavy atom. The van der Waals surface area contributed by atoms with Gasteiger partial charge in [0.05, 0.1) is 16.8 Å². The molecule has 0 atom stereocenters. The Kier molecular flexibility index (Phi) is 3.19. The first-order valence-corrected chi connectivity index (χ1v) is 5.82. The Morgan fingerprint density at radius 2 is 1.67 bits per heavy atom. The largest absolute Gasteiger partial charge is 0.514 e. The lowest BCUT2D eigenvalue weighted by molar-refractivity contribution is 0.00578. The third-order valence-corrected chi connectivity index (χ3v) is 3.56. The van der Waals surface area contributed by atoms with Gasteiger partial charge in [0.15, 0.2) is 0 Å².